The molecule has 0 bridgehead atoms. The minimum Gasteiger partial charge on any atom is -0.468 e. The molecule has 4 rings (SSSR count). The van der Waals surface area contributed by atoms with E-state index >= 15 is 0 Å². The van der Waals surface area contributed by atoms with Crippen LogP contribution in [0.25, 0.3) is 0 Å². The van der Waals surface area contributed by atoms with E-state index in [1.54, 1.807) is 25.1 Å². The molecule has 2 aliphatic rings. The molecule has 0 radical (unpaired) electrons. The highest BCUT2D eigenvalue weighted by Crippen LogP contribution is 2.47. The first-order valence-corrected chi connectivity index (χ1v) is 9.70. The third kappa shape index (κ3) is 3.41. The van der Waals surface area contributed by atoms with Crippen molar-refractivity contribution in [3.63, 3.8) is 0 Å². The van der Waals surface area contributed by atoms with Gasteiger partial charge in [0, 0.05) is 29.3 Å². The van der Waals surface area contributed by atoms with Crippen LogP contribution in [0.15, 0.2) is 70.9 Å². The standard InChI is InChI=1S/C24H22FNO3/c1-14-21(24(28)29-2)22(17-10-6-7-11-18(17)25)23-19(26-14)12-16(13-20(23)27)15-8-4-3-5-9-15/h3-11,16,21-22H,12-13H2,1-2H3/t16-,21?,22+/m0/s1. The molecule has 0 spiro atoms. The van der Waals surface area contributed by atoms with Gasteiger partial charge in [0.25, 0.3) is 0 Å². The van der Waals surface area contributed by atoms with Crippen LogP contribution in [-0.2, 0) is 14.3 Å². The fourth-order valence-corrected chi connectivity index (χ4v) is 4.52. The minimum absolute atomic E-state index is 0.0231. The van der Waals surface area contributed by atoms with Crippen molar-refractivity contribution >= 4 is 17.5 Å². The van der Waals surface area contributed by atoms with Crippen LogP contribution in [0.1, 0.15) is 42.7 Å². The second-order valence-corrected chi connectivity index (χ2v) is 7.55. The highest BCUT2D eigenvalue weighted by Gasteiger charge is 2.45. The topological polar surface area (TPSA) is 55.7 Å². The number of carbonyl (C=O) groups is 2. The Balaban J connectivity index is 1.84. The van der Waals surface area contributed by atoms with Crippen LogP contribution in [0.2, 0.25) is 0 Å². The summed E-state index contributed by atoms with van der Waals surface area (Å²) in [7, 11) is 1.30. The van der Waals surface area contributed by atoms with E-state index < -0.39 is 23.6 Å². The average molecular weight is 391 g/mol. The summed E-state index contributed by atoms with van der Waals surface area (Å²) in [5, 5.41) is 0. The fourth-order valence-electron chi connectivity index (χ4n) is 4.52. The van der Waals surface area contributed by atoms with E-state index in [0.717, 1.165) is 5.56 Å². The van der Waals surface area contributed by atoms with Gasteiger partial charge in [-0.25, -0.2) is 4.39 Å². The zero-order valence-corrected chi connectivity index (χ0v) is 16.4. The smallest absolute Gasteiger partial charge is 0.315 e. The lowest BCUT2D eigenvalue weighted by Crippen LogP contribution is -2.38. The van der Waals surface area contributed by atoms with Gasteiger partial charge in [-0.15, -0.1) is 0 Å². The van der Waals surface area contributed by atoms with E-state index in [2.05, 4.69) is 4.99 Å². The van der Waals surface area contributed by atoms with Crippen LogP contribution in [-0.4, -0.2) is 24.6 Å². The van der Waals surface area contributed by atoms with Crippen molar-refractivity contribution in [2.24, 2.45) is 10.9 Å². The second kappa shape index (κ2) is 7.74. The summed E-state index contributed by atoms with van der Waals surface area (Å²) in [6.45, 7) is 1.75. The molecule has 1 unspecified atom stereocenters. The van der Waals surface area contributed by atoms with Crippen LogP contribution in [0, 0.1) is 11.7 Å². The van der Waals surface area contributed by atoms with Gasteiger partial charge >= 0.3 is 5.97 Å². The summed E-state index contributed by atoms with van der Waals surface area (Å²) in [5.41, 5.74) is 3.06. The molecule has 0 aromatic heterocycles. The van der Waals surface area contributed by atoms with Crippen molar-refractivity contribution in [1.82, 2.24) is 0 Å². The number of hydrogen-bond acceptors (Lipinski definition) is 4. The van der Waals surface area contributed by atoms with Crippen LogP contribution in [0.4, 0.5) is 4.39 Å². The second-order valence-electron chi connectivity index (χ2n) is 7.55. The lowest BCUT2D eigenvalue weighted by Gasteiger charge is -2.36. The third-order valence-electron chi connectivity index (χ3n) is 5.85. The summed E-state index contributed by atoms with van der Waals surface area (Å²) < 4.78 is 19.7. The van der Waals surface area contributed by atoms with Gasteiger partial charge in [-0.1, -0.05) is 48.5 Å². The van der Waals surface area contributed by atoms with Gasteiger partial charge in [0.15, 0.2) is 5.78 Å². The highest BCUT2D eigenvalue weighted by atomic mass is 19.1. The monoisotopic (exact) mass is 391 g/mol. The number of aliphatic imine (C=N–C) groups is 1. The number of allylic oxidation sites excluding steroid dienone is 2. The van der Waals surface area contributed by atoms with Crippen LogP contribution >= 0.6 is 0 Å². The number of Topliss-reactive ketones (excluding diaryl/α,β-unsaturated/α-hetero) is 1. The minimum atomic E-state index is -0.812. The molecule has 1 heterocycles. The van der Waals surface area contributed by atoms with Crippen molar-refractivity contribution in [1.29, 1.82) is 0 Å². The van der Waals surface area contributed by atoms with Crippen molar-refractivity contribution in [3.8, 4) is 0 Å². The SMILES string of the molecule is COC(=O)C1C(C)=NC2=C(C(=O)C[C@@H](c3ccccc3)C2)[C@@H]1c1ccccc1F. The zero-order chi connectivity index (χ0) is 20.5. The molecular formula is C24H22FNO3. The number of hydrogen-bond donors (Lipinski definition) is 0. The number of halogens is 1. The normalized spacial score (nSPS) is 24.0. The molecule has 1 aliphatic heterocycles. The van der Waals surface area contributed by atoms with Crippen LogP contribution in [0.5, 0.6) is 0 Å². The first kappa shape index (κ1) is 19.2. The third-order valence-corrected chi connectivity index (χ3v) is 5.85. The molecule has 1 aliphatic carbocycles. The zero-order valence-electron chi connectivity index (χ0n) is 16.4. The molecule has 2 aromatic carbocycles. The molecule has 4 nitrogen and oxygen atoms in total. The maximum absolute atomic E-state index is 14.7. The number of methoxy groups -OCH3 is 1. The molecule has 148 valence electrons. The average Bonchev–Trinajstić information content (AvgIpc) is 2.73. The molecule has 3 atom stereocenters. The summed E-state index contributed by atoms with van der Waals surface area (Å²) in [5.74, 6) is -2.54. The van der Waals surface area contributed by atoms with Gasteiger partial charge in [-0.2, -0.15) is 0 Å². The summed E-state index contributed by atoms with van der Waals surface area (Å²) in [4.78, 5) is 30.5. The summed E-state index contributed by atoms with van der Waals surface area (Å²) in [6, 6.07) is 16.2. The first-order valence-electron chi connectivity index (χ1n) is 9.70. The van der Waals surface area contributed by atoms with Gasteiger partial charge in [-0.3, -0.25) is 14.6 Å². The van der Waals surface area contributed by atoms with Crippen LogP contribution in [0.3, 0.4) is 0 Å². The lowest BCUT2D eigenvalue weighted by atomic mass is 9.69. The number of nitrogens with zero attached hydrogens (tertiary/aromatic N) is 1. The Bertz CT molecular complexity index is 1030. The first-order chi connectivity index (χ1) is 14.0. The fraction of sp³-hybridized carbons (Fsp3) is 0.292. The van der Waals surface area contributed by atoms with Gasteiger partial charge < -0.3 is 4.74 Å². The van der Waals surface area contributed by atoms with Gasteiger partial charge in [-0.05, 0) is 36.5 Å². The van der Waals surface area contributed by atoms with Crippen molar-refractivity contribution in [2.75, 3.05) is 7.11 Å². The molecule has 0 saturated carbocycles. The van der Waals surface area contributed by atoms with Crippen molar-refractivity contribution < 1.29 is 18.7 Å². The Morgan fingerprint density at radius 3 is 2.45 bits per heavy atom. The summed E-state index contributed by atoms with van der Waals surface area (Å²) >= 11 is 0. The largest absolute Gasteiger partial charge is 0.468 e. The lowest BCUT2D eigenvalue weighted by molar-refractivity contribution is -0.143. The van der Waals surface area contributed by atoms with E-state index in [0.29, 0.717) is 35.4 Å². The van der Waals surface area contributed by atoms with Crippen LogP contribution < -0.4 is 0 Å². The maximum Gasteiger partial charge on any atom is 0.315 e. The number of ether oxygens (including phenoxy) is 1. The summed E-state index contributed by atoms with van der Waals surface area (Å²) in [6.07, 6.45) is 0.900. The van der Waals surface area contributed by atoms with Gasteiger partial charge in [0.1, 0.15) is 11.7 Å². The molecule has 0 fully saturated rings. The highest BCUT2D eigenvalue weighted by molar-refractivity contribution is 6.09. The quantitative estimate of drug-likeness (QED) is 0.720. The van der Waals surface area contributed by atoms with Gasteiger partial charge in [0.05, 0.1) is 7.11 Å². The number of benzene rings is 2. The molecule has 2 aromatic rings. The molecule has 0 saturated heterocycles. The number of ketones is 1. The molecule has 0 N–H and O–H groups in total. The molecule has 5 heteroatoms. The Morgan fingerprint density at radius 1 is 1.07 bits per heavy atom. The van der Waals surface area contributed by atoms with Crippen molar-refractivity contribution in [2.45, 2.75) is 31.6 Å². The number of rotatable bonds is 3. The molecular weight excluding hydrogens is 369 g/mol. The Hall–Kier alpha value is -3.08. The predicted molar refractivity (Wildman–Crippen MR) is 108 cm³/mol. The Labute approximate surface area is 169 Å². The maximum atomic E-state index is 14.7. The Kier molecular flexibility index (Phi) is 5.14. The van der Waals surface area contributed by atoms with E-state index in [1.165, 1.54) is 13.2 Å². The van der Waals surface area contributed by atoms with Gasteiger partial charge in [0.2, 0.25) is 0 Å². The number of carbonyl (C=O) groups excluding carboxylic acids is 2. The Morgan fingerprint density at radius 2 is 1.76 bits per heavy atom. The molecule has 29 heavy (non-hydrogen) atoms. The number of esters is 1. The molecule has 0 amide bonds. The van der Waals surface area contributed by atoms with E-state index in [-0.39, 0.29) is 11.7 Å². The van der Waals surface area contributed by atoms with E-state index in [4.69, 9.17) is 4.74 Å². The van der Waals surface area contributed by atoms with E-state index in [9.17, 15) is 14.0 Å². The van der Waals surface area contributed by atoms with Crippen molar-refractivity contribution in [3.05, 3.63) is 82.8 Å². The predicted octanol–water partition coefficient (Wildman–Crippen LogP) is 4.57. The van der Waals surface area contributed by atoms with E-state index in [1.807, 2.05) is 30.3 Å².